The molecule has 2 aromatic rings. The molecule has 0 bridgehead atoms. The van der Waals surface area contributed by atoms with E-state index in [1.54, 1.807) is 18.2 Å². The Morgan fingerprint density at radius 2 is 1.53 bits per heavy atom. The lowest BCUT2D eigenvalue weighted by Gasteiger charge is -2.40. The normalized spacial score (nSPS) is 18.6. The highest BCUT2D eigenvalue weighted by atomic mass is 16.2. The lowest BCUT2D eigenvalue weighted by molar-refractivity contribution is -0.133. The largest absolute Gasteiger partial charge is 0.341 e. The molecule has 2 saturated heterocycles. The summed E-state index contributed by atoms with van der Waals surface area (Å²) in [7, 11) is 0. The second kappa shape index (κ2) is 9.00. The van der Waals surface area contributed by atoms with Crippen LogP contribution in [0.15, 0.2) is 46.5 Å². The summed E-state index contributed by atoms with van der Waals surface area (Å²) in [5.41, 5.74) is -0.0450. The van der Waals surface area contributed by atoms with E-state index < -0.39 is 11.1 Å². The van der Waals surface area contributed by atoms with Gasteiger partial charge in [0.2, 0.25) is 5.91 Å². The van der Waals surface area contributed by atoms with E-state index in [4.69, 9.17) is 0 Å². The first-order valence-corrected chi connectivity index (χ1v) is 10.9. The summed E-state index contributed by atoms with van der Waals surface area (Å²) >= 11 is 0. The third-order valence-corrected chi connectivity index (χ3v) is 6.47. The highest BCUT2D eigenvalue weighted by molar-refractivity contribution is 5.80. The van der Waals surface area contributed by atoms with E-state index in [1.165, 1.54) is 41.5 Å². The molecule has 2 aliphatic heterocycles. The van der Waals surface area contributed by atoms with Crippen molar-refractivity contribution in [2.24, 2.45) is 0 Å². The Labute approximate surface area is 176 Å². The molecule has 0 spiro atoms. The fourth-order valence-electron chi connectivity index (χ4n) is 4.84. The van der Waals surface area contributed by atoms with Crippen molar-refractivity contribution in [3.8, 4) is 0 Å². The molecule has 7 heteroatoms. The fraction of sp³-hybridized carbons (Fsp3) is 0.522. The van der Waals surface area contributed by atoms with Crippen LogP contribution in [0.5, 0.6) is 0 Å². The third kappa shape index (κ3) is 3.99. The molecule has 2 fully saturated rings. The van der Waals surface area contributed by atoms with Crippen LogP contribution in [0, 0.1) is 0 Å². The Morgan fingerprint density at radius 1 is 0.933 bits per heavy atom. The van der Waals surface area contributed by atoms with Crippen LogP contribution in [0.4, 0.5) is 0 Å². The Hall–Kier alpha value is -2.67. The predicted octanol–water partition coefficient (Wildman–Crippen LogP) is 1.83. The summed E-state index contributed by atoms with van der Waals surface area (Å²) in [5, 5.41) is 0. The van der Waals surface area contributed by atoms with E-state index >= 15 is 0 Å². The third-order valence-electron chi connectivity index (χ3n) is 6.47. The number of hydrogen-bond acceptors (Lipinski definition) is 4. The zero-order valence-electron chi connectivity index (χ0n) is 17.5. The molecular formula is C23H30N4O3. The van der Waals surface area contributed by atoms with Crippen molar-refractivity contribution in [3.63, 3.8) is 0 Å². The number of para-hydroxylation sites is 2. The van der Waals surface area contributed by atoms with Crippen LogP contribution in [-0.4, -0.2) is 57.1 Å². The summed E-state index contributed by atoms with van der Waals surface area (Å²) in [5.74, 6) is -0.0970. The van der Waals surface area contributed by atoms with E-state index in [-0.39, 0.29) is 19.0 Å². The maximum atomic E-state index is 13.0. The zero-order valence-corrected chi connectivity index (χ0v) is 17.5. The van der Waals surface area contributed by atoms with Gasteiger partial charge in [-0.15, -0.1) is 6.58 Å². The van der Waals surface area contributed by atoms with Crippen LogP contribution in [0.2, 0.25) is 0 Å². The topological polar surface area (TPSA) is 67.5 Å². The SMILES string of the molecule is C=CCn1c(=O)c(=O)n(CC(=O)N2CCC(N3CCCCC3)CC2)c2ccccc21. The molecular weight excluding hydrogens is 380 g/mol. The Balaban J connectivity index is 1.52. The van der Waals surface area contributed by atoms with Crippen molar-refractivity contribution >= 4 is 16.9 Å². The molecule has 0 radical (unpaired) electrons. The van der Waals surface area contributed by atoms with Gasteiger partial charge in [-0.3, -0.25) is 23.5 Å². The van der Waals surface area contributed by atoms with Crippen LogP contribution in [0.25, 0.3) is 11.0 Å². The van der Waals surface area contributed by atoms with Gasteiger partial charge in [0, 0.05) is 25.7 Å². The quantitative estimate of drug-likeness (QED) is 0.557. The summed E-state index contributed by atoms with van der Waals surface area (Å²) in [6, 6.07) is 7.77. The molecule has 0 aliphatic carbocycles. The molecule has 30 heavy (non-hydrogen) atoms. The number of likely N-dealkylation sites (tertiary alicyclic amines) is 2. The number of hydrogen-bond donors (Lipinski definition) is 0. The Morgan fingerprint density at radius 3 is 2.17 bits per heavy atom. The fourth-order valence-corrected chi connectivity index (χ4v) is 4.84. The lowest BCUT2D eigenvalue weighted by atomic mass is 10.00. The van der Waals surface area contributed by atoms with Crippen molar-refractivity contribution in [2.45, 2.75) is 51.2 Å². The number of rotatable bonds is 5. The first-order chi connectivity index (χ1) is 14.6. The molecule has 1 amide bonds. The molecule has 0 N–H and O–H groups in total. The Kier molecular flexibility index (Phi) is 6.18. The van der Waals surface area contributed by atoms with Crippen molar-refractivity contribution in [1.82, 2.24) is 18.9 Å². The average Bonchev–Trinajstić information content (AvgIpc) is 2.80. The minimum absolute atomic E-state index is 0.0970. The van der Waals surface area contributed by atoms with Gasteiger partial charge in [-0.05, 0) is 50.9 Å². The molecule has 7 nitrogen and oxygen atoms in total. The van der Waals surface area contributed by atoms with Crippen molar-refractivity contribution in [2.75, 3.05) is 26.2 Å². The standard InChI is InChI=1S/C23H30N4O3/c1-2-12-26-19-8-4-5-9-20(19)27(23(30)22(26)29)17-21(28)25-15-10-18(11-16-25)24-13-6-3-7-14-24/h2,4-5,8-9,18H,1,3,6-7,10-17H2. The van der Waals surface area contributed by atoms with Gasteiger partial charge in [0.15, 0.2) is 0 Å². The minimum Gasteiger partial charge on any atom is -0.341 e. The predicted molar refractivity (Wildman–Crippen MR) is 118 cm³/mol. The number of carbonyl (C=O) groups is 1. The molecule has 4 rings (SSSR count). The number of nitrogens with zero attached hydrogens (tertiary/aromatic N) is 4. The number of aromatic nitrogens is 2. The van der Waals surface area contributed by atoms with E-state index in [9.17, 15) is 14.4 Å². The van der Waals surface area contributed by atoms with Crippen molar-refractivity contribution in [3.05, 3.63) is 57.6 Å². The maximum Gasteiger partial charge on any atom is 0.317 e. The molecule has 1 aromatic carbocycles. The number of fused-ring (bicyclic) bond motifs is 1. The summed E-state index contributed by atoms with van der Waals surface area (Å²) in [6.07, 6.45) is 7.40. The highest BCUT2D eigenvalue weighted by Crippen LogP contribution is 2.21. The van der Waals surface area contributed by atoms with Crippen molar-refractivity contribution < 1.29 is 4.79 Å². The highest BCUT2D eigenvalue weighted by Gasteiger charge is 2.28. The van der Waals surface area contributed by atoms with E-state index in [1.807, 2.05) is 17.0 Å². The number of benzene rings is 1. The van der Waals surface area contributed by atoms with Gasteiger partial charge in [0.05, 0.1) is 11.0 Å². The molecule has 0 atom stereocenters. The zero-order chi connectivity index (χ0) is 21.1. The van der Waals surface area contributed by atoms with Crippen LogP contribution in [-0.2, 0) is 17.9 Å². The first kappa shape index (κ1) is 20.6. The van der Waals surface area contributed by atoms with Gasteiger partial charge in [0.25, 0.3) is 0 Å². The smallest absolute Gasteiger partial charge is 0.317 e. The minimum atomic E-state index is -0.660. The number of allylic oxidation sites excluding steroid dienone is 1. The summed E-state index contributed by atoms with van der Waals surface area (Å²) in [6.45, 7) is 7.58. The molecule has 2 aliphatic rings. The van der Waals surface area contributed by atoms with E-state index in [2.05, 4.69) is 11.5 Å². The first-order valence-electron chi connectivity index (χ1n) is 10.9. The van der Waals surface area contributed by atoms with Gasteiger partial charge in [-0.1, -0.05) is 24.6 Å². The van der Waals surface area contributed by atoms with Crippen LogP contribution >= 0.6 is 0 Å². The molecule has 0 unspecified atom stereocenters. The van der Waals surface area contributed by atoms with Gasteiger partial charge < -0.3 is 9.80 Å². The maximum absolute atomic E-state index is 13.0. The van der Waals surface area contributed by atoms with Crippen molar-refractivity contribution in [1.29, 1.82) is 0 Å². The molecule has 1 aromatic heterocycles. The molecule has 0 saturated carbocycles. The van der Waals surface area contributed by atoms with Gasteiger partial charge in [-0.2, -0.15) is 0 Å². The number of piperidine rings is 2. The van der Waals surface area contributed by atoms with Crippen LogP contribution < -0.4 is 11.1 Å². The van der Waals surface area contributed by atoms with Gasteiger partial charge in [-0.25, -0.2) is 0 Å². The summed E-state index contributed by atoms with van der Waals surface area (Å²) in [4.78, 5) is 42.8. The van der Waals surface area contributed by atoms with Gasteiger partial charge in [0.1, 0.15) is 6.54 Å². The number of carbonyl (C=O) groups excluding carboxylic acids is 1. The monoisotopic (exact) mass is 410 g/mol. The number of amides is 1. The van der Waals surface area contributed by atoms with E-state index in [0.29, 0.717) is 30.2 Å². The van der Waals surface area contributed by atoms with Crippen LogP contribution in [0.1, 0.15) is 32.1 Å². The van der Waals surface area contributed by atoms with Gasteiger partial charge >= 0.3 is 11.1 Å². The second-order valence-electron chi connectivity index (χ2n) is 8.29. The lowest BCUT2D eigenvalue weighted by Crippen LogP contribution is -2.50. The molecule has 160 valence electrons. The summed E-state index contributed by atoms with van der Waals surface area (Å²) < 4.78 is 2.74. The Bertz CT molecular complexity index is 1040. The second-order valence-corrected chi connectivity index (χ2v) is 8.29. The average molecular weight is 411 g/mol. The van der Waals surface area contributed by atoms with Crippen LogP contribution in [0.3, 0.4) is 0 Å². The molecule has 3 heterocycles. The van der Waals surface area contributed by atoms with E-state index in [0.717, 1.165) is 12.8 Å².